The summed E-state index contributed by atoms with van der Waals surface area (Å²) in [6.07, 6.45) is 16.2. The number of amides is 1. The number of fused-ring (bicyclic) bond motifs is 1. The molecular weight excluding hydrogens is 398 g/mol. The summed E-state index contributed by atoms with van der Waals surface area (Å²) in [4.78, 5) is 21.5. The van der Waals surface area contributed by atoms with Gasteiger partial charge in [-0.1, -0.05) is 17.7 Å². The molecule has 0 bridgehead atoms. The number of nitriles is 1. The molecule has 4 rings (SSSR count). The van der Waals surface area contributed by atoms with Crippen LogP contribution in [0, 0.1) is 24.2 Å². The van der Waals surface area contributed by atoms with Crippen molar-refractivity contribution < 1.29 is 4.79 Å². The summed E-state index contributed by atoms with van der Waals surface area (Å²) in [7, 11) is 0. The molecule has 0 radical (unpaired) electrons. The third-order valence-electron chi connectivity index (χ3n) is 6.04. The summed E-state index contributed by atoms with van der Waals surface area (Å²) in [5.41, 5.74) is 11.0. The monoisotopic (exact) mass is 425 g/mol. The Hall–Kier alpha value is -3.72. The molecule has 1 saturated carbocycles. The largest absolute Gasteiger partial charge is 0.383 e. The molecule has 0 aliphatic heterocycles. The molecule has 3 N–H and O–H groups in total. The lowest BCUT2D eigenvalue weighted by molar-refractivity contribution is -0.115. The summed E-state index contributed by atoms with van der Waals surface area (Å²) in [5.74, 6) is 0.455. The SMILES string of the molecule is Cc1ccncc1-c1cc2/c(c(N)n1)=C\CC/C=C(NC(=O)C=C1CCC(C#N)CC1)\C=2. The molecule has 0 atom stereocenters. The van der Waals surface area contributed by atoms with Gasteiger partial charge in [0.1, 0.15) is 5.82 Å². The number of allylic oxidation sites excluding steroid dienone is 3. The number of pyridine rings is 2. The maximum atomic E-state index is 12.7. The van der Waals surface area contributed by atoms with E-state index in [2.05, 4.69) is 27.4 Å². The molecular formula is C26H27N5O. The van der Waals surface area contributed by atoms with Crippen molar-refractivity contribution in [1.29, 1.82) is 5.26 Å². The Labute approximate surface area is 187 Å². The van der Waals surface area contributed by atoms with Gasteiger partial charge in [-0.15, -0.1) is 0 Å². The summed E-state index contributed by atoms with van der Waals surface area (Å²) < 4.78 is 0. The molecule has 162 valence electrons. The third-order valence-corrected chi connectivity index (χ3v) is 6.04. The van der Waals surface area contributed by atoms with E-state index >= 15 is 0 Å². The number of aromatic nitrogens is 2. The fraction of sp³-hybridized carbons (Fsp3) is 0.308. The van der Waals surface area contributed by atoms with E-state index in [4.69, 9.17) is 11.0 Å². The van der Waals surface area contributed by atoms with Crippen LogP contribution in [0.15, 0.2) is 47.9 Å². The second kappa shape index (κ2) is 9.61. The third kappa shape index (κ3) is 4.94. The normalized spacial score (nSPS) is 21.7. The van der Waals surface area contributed by atoms with Crippen molar-refractivity contribution in [3.63, 3.8) is 0 Å². The average Bonchev–Trinajstić information content (AvgIpc) is 2.76. The molecule has 1 fully saturated rings. The molecule has 6 nitrogen and oxygen atoms in total. The first-order chi connectivity index (χ1) is 15.5. The molecule has 2 aliphatic rings. The Morgan fingerprint density at radius 1 is 1.28 bits per heavy atom. The van der Waals surface area contributed by atoms with Crippen molar-refractivity contribution in [1.82, 2.24) is 15.3 Å². The van der Waals surface area contributed by atoms with E-state index in [9.17, 15) is 4.79 Å². The predicted octanol–water partition coefficient (Wildman–Crippen LogP) is 3.03. The van der Waals surface area contributed by atoms with Crippen molar-refractivity contribution in [3.8, 4) is 17.3 Å². The number of anilines is 1. The first kappa shape index (κ1) is 21.5. The van der Waals surface area contributed by atoms with Gasteiger partial charge in [-0.25, -0.2) is 4.98 Å². The van der Waals surface area contributed by atoms with Gasteiger partial charge in [0.25, 0.3) is 0 Å². The summed E-state index contributed by atoms with van der Waals surface area (Å²) >= 11 is 0. The van der Waals surface area contributed by atoms with E-state index in [0.717, 1.165) is 77.1 Å². The van der Waals surface area contributed by atoms with Crippen molar-refractivity contribution >= 4 is 23.9 Å². The number of carbonyl (C=O) groups is 1. The van der Waals surface area contributed by atoms with Crippen LogP contribution in [-0.2, 0) is 4.79 Å². The number of carbonyl (C=O) groups excluding carboxylic acids is 1. The highest BCUT2D eigenvalue weighted by molar-refractivity contribution is 5.90. The highest BCUT2D eigenvalue weighted by Gasteiger charge is 2.16. The van der Waals surface area contributed by atoms with E-state index in [-0.39, 0.29) is 11.8 Å². The van der Waals surface area contributed by atoms with Crippen LogP contribution in [0.2, 0.25) is 0 Å². The highest BCUT2D eigenvalue weighted by Crippen LogP contribution is 2.27. The van der Waals surface area contributed by atoms with Gasteiger partial charge in [-0.3, -0.25) is 9.78 Å². The molecule has 0 aromatic carbocycles. The fourth-order valence-electron chi connectivity index (χ4n) is 4.21. The number of nitrogen functional groups attached to an aromatic ring is 1. The predicted molar refractivity (Wildman–Crippen MR) is 126 cm³/mol. The number of nitrogens with one attached hydrogen (secondary N) is 1. The van der Waals surface area contributed by atoms with E-state index < -0.39 is 0 Å². The first-order valence-corrected chi connectivity index (χ1v) is 11.0. The molecule has 0 saturated heterocycles. The quantitative estimate of drug-likeness (QED) is 0.736. The second-order valence-corrected chi connectivity index (χ2v) is 8.37. The molecule has 0 spiro atoms. The number of hydrogen-bond donors (Lipinski definition) is 2. The van der Waals surface area contributed by atoms with Crippen molar-refractivity contribution in [2.45, 2.75) is 45.4 Å². The number of rotatable bonds is 3. The maximum Gasteiger partial charge on any atom is 0.248 e. The number of aryl methyl sites for hydroxylation is 1. The van der Waals surface area contributed by atoms with Gasteiger partial charge >= 0.3 is 0 Å². The minimum absolute atomic E-state index is 0.112. The van der Waals surface area contributed by atoms with Crippen molar-refractivity contribution in [2.75, 3.05) is 5.73 Å². The van der Waals surface area contributed by atoms with Gasteiger partial charge in [0.2, 0.25) is 5.91 Å². The number of nitrogens with zero attached hydrogens (tertiary/aromatic N) is 3. The minimum atomic E-state index is -0.130. The topological polar surface area (TPSA) is 105 Å². The lowest BCUT2D eigenvalue weighted by Crippen LogP contribution is -2.32. The van der Waals surface area contributed by atoms with Gasteiger partial charge in [-0.2, -0.15) is 5.26 Å². The summed E-state index contributed by atoms with van der Waals surface area (Å²) in [6, 6.07) is 6.27. The molecule has 0 unspecified atom stereocenters. The standard InChI is InChI=1S/C26H27N5O/c1-17-10-11-29-16-23(17)24-14-20-13-21(4-2-3-5-22(20)26(28)31-24)30-25(32)12-18-6-8-19(15-27)9-7-18/h4-5,10-14,16,19H,2-3,6-9H2,1H3,(H2,28,31)(H,30,32)/b18-12?,20-13-,21-4+,22-5+. The second-order valence-electron chi connectivity index (χ2n) is 8.37. The Kier molecular flexibility index (Phi) is 6.46. The molecule has 32 heavy (non-hydrogen) atoms. The molecule has 6 heteroatoms. The van der Waals surface area contributed by atoms with Crippen LogP contribution in [0.25, 0.3) is 23.4 Å². The zero-order valence-electron chi connectivity index (χ0n) is 18.3. The van der Waals surface area contributed by atoms with E-state index in [1.165, 1.54) is 0 Å². The van der Waals surface area contributed by atoms with Crippen LogP contribution >= 0.6 is 0 Å². The van der Waals surface area contributed by atoms with Crippen LogP contribution < -0.4 is 21.5 Å². The van der Waals surface area contributed by atoms with Crippen LogP contribution in [0.4, 0.5) is 5.82 Å². The first-order valence-electron chi connectivity index (χ1n) is 11.0. The Balaban J connectivity index is 1.63. The van der Waals surface area contributed by atoms with E-state index in [0.29, 0.717) is 5.82 Å². The number of nitrogens with two attached hydrogens (primary N) is 1. The number of hydrogen-bond acceptors (Lipinski definition) is 5. The van der Waals surface area contributed by atoms with Gasteiger partial charge < -0.3 is 11.1 Å². The average molecular weight is 426 g/mol. The van der Waals surface area contributed by atoms with E-state index in [1.807, 2.05) is 31.2 Å². The Morgan fingerprint density at radius 3 is 2.81 bits per heavy atom. The zero-order chi connectivity index (χ0) is 22.5. The Morgan fingerprint density at radius 2 is 2.06 bits per heavy atom. The molecule has 2 aromatic heterocycles. The van der Waals surface area contributed by atoms with Crippen LogP contribution in [0.3, 0.4) is 0 Å². The Bertz CT molecular complexity index is 1260. The summed E-state index contributed by atoms with van der Waals surface area (Å²) in [6.45, 7) is 2.02. The van der Waals surface area contributed by atoms with Gasteiger partial charge in [-0.05, 0) is 74.4 Å². The fourth-order valence-corrected chi connectivity index (χ4v) is 4.21. The highest BCUT2D eigenvalue weighted by atomic mass is 16.1. The summed E-state index contributed by atoms with van der Waals surface area (Å²) in [5, 5.41) is 13.9. The van der Waals surface area contributed by atoms with Crippen LogP contribution in [0.1, 0.15) is 44.1 Å². The minimum Gasteiger partial charge on any atom is -0.383 e. The lowest BCUT2D eigenvalue weighted by Gasteiger charge is -2.18. The van der Waals surface area contributed by atoms with Gasteiger partial charge in [0.15, 0.2) is 0 Å². The molecule has 2 aliphatic carbocycles. The molecule has 2 heterocycles. The van der Waals surface area contributed by atoms with Gasteiger partial charge in [0.05, 0.1) is 11.8 Å². The van der Waals surface area contributed by atoms with Gasteiger partial charge in [0, 0.05) is 40.9 Å². The van der Waals surface area contributed by atoms with Crippen molar-refractivity contribution in [2.24, 2.45) is 5.92 Å². The smallest absolute Gasteiger partial charge is 0.248 e. The zero-order valence-corrected chi connectivity index (χ0v) is 18.3. The van der Waals surface area contributed by atoms with Crippen LogP contribution in [-0.4, -0.2) is 15.9 Å². The maximum absolute atomic E-state index is 12.7. The molecule has 1 amide bonds. The molecule has 2 aromatic rings. The lowest BCUT2D eigenvalue weighted by atomic mass is 9.86. The van der Waals surface area contributed by atoms with Crippen LogP contribution in [0.5, 0.6) is 0 Å². The van der Waals surface area contributed by atoms with E-state index in [1.54, 1.807) is 18.5 Å². The van der Waals surface area contributed by atoms with Crippen molar-refractivity contribution in [3.05, 3.63) is 63.9 Å².